The predicted molar refractivity (Wildman–Crippen MR) is 47.6 cm³/mol. The van der Waals surface area contributed by atoms with Crippen LogP contribution >= 0.6 is 0 Å². The number of hydrogen-bond donors (Lipinski definition) is 4. The summed E-state index contributed by atoms with van der Waals surface area (Å²) in [7, 11) is 0. The van der Waals surface area contributed by atoms with Crippen molar-refractivity contribution in [2.75, 3.05) is 26.6 Å². The average molecular weight is 208 g/mol. The van der Waals surface area contributed by atoms with Crippen LogP contribution in [-0.4, -0.2) is 59.2 Å². The molecule has 0 aromatic heterocycles. The molecule has 2 atom stereocenters. The molecule has 0 aromatic rings. The van der Waals surface area contributed by atoms with Gasteiger partial charge in [-0.05, 0) is 0 Å². The minimum Gasteiger partial charge on any atom is -0.510 e. The van der Waals surface area contributed by atoms with Crippen molar-refractivity contribution in [1.29, 1.82) is 0 Å². The second kappa shape index (κ2) is 7.72. The van der Waals surface area contributed by atoms with Gasteiger partial charge in [0.1, 0.15) is 24.8 Å². The van der Waals surface area contributed by atoms with Gasteiger partial charge in [0.15, 0.2) is 0 Å². The summed E-state index contributed by atoms with van der Waals surface area (Å²) in [6.07, 6.45) is -1.25. The van der Waals surface area contributed by atoms with Crippen molar-refractivity contribution < 1.29 is 29.9 Å². The molecule has 1 aliphatic heterocycles. The molecule has 1 heterocycles. The zero-order valence-corrected chi connectivity index (χ0v) is 7.80. The third kappa shape index (κ3) is 5.90. The van der Waals surface area contributed by atoms with Crippen LogP contribution in [0.1, 0.15) is 0 Å². The molecule has 0 aliphatic carbocycles. The van der Waals surface area contributed by atoms with E-state index in [-0.39, 0.29) is 12.7 Å². The first-order chi connectivity index (χ1) is 6.61. The fourth-order valence-electron chi connectivity index (χ4n) is 0.583. The van der Waals surface area contributed by atoms with Gasteiger partial charge >= 0.3 is 0 Å². The first kappa shape index (κ1) is 13.3. The van der Waals surface area contributed by atoms with Gasteiger partial charge in [0.05, 0.1) is 19.8 Å². The van der Waals surface area contributed by atoms with Gasteiger partial charge < -0.3 is 29.9 Å². The smallest absolute Gasteiger partial charge is 0.147 e. The van der Waals surface area contributed by atoms with Crippen LogP contribution in [0.25, 0.3) is 0 Å². The lowest BCUT2D eigenvalue weighted by Crippen LogP contribution is -2.13. The molecule has 2 unspecified atom stereocenters. The molecule has 0 spiro atoms. The van der Waals surface area contributed by atoms with E-state index in [0.717, 1.165) is 0 Å². The van der Waals surface area contributed by atoms with Gasteiger partial charge in [0, 0.05) is 0 Å². The Hall–Kier alpha value is -0.660. The van der Waals surface area contributed by atoms with Gasteiger partial charge in [0.25, 0.3) is 0 Å². The molecule has 1 aliphatic rings. The predicted octanol–water partition coefficient (Wildman–Crippen LogP) is -1.24. The van der Waals surface area contributed by atoms with Crippen LogP contribution in [0.3, 0.4) is 0 Å². The molecule has 6 heteroatoms. The lowest BCUT2D eigenvalue weighted by Gasteiger charge is -2.00. The fraction of sp³-hybridized carbons (Fsp3) is 0.750. The summed E-state index contributed by atoms with van der Waals surface area (Å²) in [6.45, 7) is 3.44. The second-order valence-electron chi connectivity index (χ2n) is 2.65. The van der Waals surface area contributed by atoms with Gasteiger partial charge in [-0.3, -0.25) is 0 Å². The Morgan fingerprint density at radius 3 is 2.29 bits per heavy atom. The van der Waals surface area contributed by atoms with Crippen LogP contribution < -0.4 is 0 Å². The minimum atomic E-state index is -1.18. The van der Waals surface area contributed by atoms with Gasteiger partial charge in [0.2, 0.25) is 0 Å². The van der Waals surface area contributed by atoms with E-state index in [9.17, 15) is 0 Å². The molecule has 14 heavy (non-hydrogen) atoms. The zero-order valence-electron chi connectivity index (χ0n) is 7.80. The SMILES string of the molecule is C=C(O)C(O)CO.OCC1COCO1. The van der Waals surface area contributed by atoms with Crippen LogP contribution in [0.4, 0.5) is 0 Å². The fourth-order valence-corrected chi connectivity index (χ4v) is 0.583. The third-order valence-corrected chi connectivity index (χ3v) is 1.45. The molecular formula is C8H16O6. The number of aliphatic hydroxyl groups excluding tert-OH is 4. The van der Waals surface area contributed by atoms with E-state index in [1.54, 1.807) is 0 Å². The minimum absolute atomic E-state index is 0.0694. The number of ether oxygens (including phenoxy) is 2. The topological polar surface area (TPSA) is 99.4 Å². The highest BCUT2D eigenvalue weighted by Gasteiger charge is 2.13. The highest BCUT2D eigenvalue weighted by molar-refractivity contribution is 4.87. The first-order valence-corrected chi connectivity index (χ1v) is 4.08. The van der Waals surface area contributed by atoms with Gasteiger partial charge in [-0.2, -0.15) is 0 Å². The summed E-state index contributed by atoms with van der Waals surface area (Å²) in [5.74, 6) is -0.400. The third-order valence-electron chi connectivity index (χ3n) is 1.45. The first-order valence-electron chi connectivity index (χ1n) is 4.08. The Balaban J connectivity index is 0.000000241. The number of rotatable bonds is 3. The molecule has 0 bridgehead atoms. The molecular weight excluding hydrogens is 192 g/mol. The Morgan fingerprint density at radius 1 is 1.50 bits per heavy atom. The van der Waals surface area contributed by atoms with E-state index >= 15 is 0 Å². The van der Waals surface area contributed by atoms with Crippen molar-refractivity contribution in [3.8, 4) is 0 Å². The van der Waals surface area contributed by atoms with E-state index < -0.39 is 18.5 Å². The van der Waals surface area contributed by atoms with E-state index in [0.29, 0.717) is 13.4 Å². The van der Waals surface area contributed by atoms with E-state index in [4.69, 9.17) is 29.9 Å². The van der Waals surface area contributed by atoms with Gasteiger partial charge in [-0.1, -0.05) is 6.58 Å². The molecule has 0 amide bonds. The van der Waals surface area contributed by atoms with E-state index in [1.807, 2.05) is 0 Å². The highest BCUT2D eigenvalue weighted by atomic mass is 16.7. The largest absolute Gasteiger partial charge is 0.510 e. The van der Waals surface area contributed by atoms with Crippen molar-refractivity contribution in [3.05, 3.63) is 12.3 Å². The summed E-state index contributed by atoms with van der Waals surface area (Å²) in [4.78, 5) is 0. The molecule has 84 valence electrons. The molecule has 0 saturated carbocycles. The van der Waals surface area contributed by atoms with Crippen molar-refractivity contribution >= 4 is 0 Å². The van der Waals surface area contributed by atoms with Crippen LogP contribution in [0.15, 0.2) is 12.3 Å². The van der Waals surface area contributed by atoms with Crippen molar-refractivity contribution in [3.63, 3.8) is 0 Å². The monoisotopic (exact) mass is 208 g/mol. The summed E-state index contributed by atoms with van der Waals surface area (Å²) < 4.78 is 9.60. The lowest BCUT2D eigenvalue weighted by atomic mass is 10.3. The Kier molecular flexibility index (Phi) is 7.35. The molecule has 1 rings (SSSR count). The zero-order chi connectivity index (χ0) is 11.0. The quantitative estimate of drug-likeness (QED) is 0.433. The Labute approximate surface area is 82.0 Å². The lowest BCUT2D eigenvalue weighted by molar-refractivity contribution is 0.0280. The Morgan fingerprint density at radius 2 is 2.14 bits per heavy atom. The summed E-state index contributed by atoms with van der Waals surface area (Å²) in [6, 6.07) is 0. The number of aliphatic hydroxyl groups is 4. The van der Waals surface area contributed by atoms with Gasteiger partial charge in [-0.15, -0.1) is 0 Å². The summed E-state index contributed by atoms with van der Waals surface area (Å²) in [5.41, 5.74) is 0. The second-order valence-corrected chi connectivity index (χ2v) is 2.65. The van der Waals surface area contributed by atoms with E-state index in [1.165, 1.54) is 0 Å². The average Bonchev–Trinajstić information content (AvgIpc) is 2.69. The van der Waals surface area contributed by atoms with E-state index in [2.05, 4.69) is 6.58 Å². The molecule has 4 N–H and O–H groups in total. The van der Waals surface area contributed by atoms with Crippen LogP contribution in [0.5, 0.6) is 0 Å². The van der Waals surface area contributed by atoms with Crippen molar-refractivity contribution in [1.82, 2.24) is 0 Å². The summed E-state index contributed by atoms with van der Waals surface area (Å²) >= 11 is 0. The maximum Gasteiger partial charge on any atom is 0.147 e. The van der Waals surface area contributed by atoms with Crippen LogP contribution in [-0.2, 0) is 9.47 Å². The maximum atomic E-state index is 8.36. The standard InChI is InChI=1S/2C4H8O3/c5-1-4-2-6-3-7-4;1-3(6)4(7)2-5/h4-5H,1-3H2;4-7H,1-2H2. The normalized spacial score (nSPS) is 22.4. The molecule has 6 nitrogen and oxygen atoms in total. The molecule has 1 fully saturated rings. The molecule has 0 aromatic carbocycles. The molecule has 1 saturated heterocycles. The summed E-state index contributed by atoms with van der Waals surface area (Å²) in [5, 5.41) is 32.9. The Bertz CT molecular complexity index is 154. The van der Waals surface area contributed by atoms with Crippen LogP contribution in [0.2, 0.25) is 0 Å². The van der Waals surface area contributed by atoms with Crippen molar-refractivity contribution in [2.45, 2.75) is 12.2 Å². The highest BCUT2D eigenvalue weighted by Crippen LogP contribution is 1.99. The van der Waals surface area contributed by atoms with Crippen LogP contribution in [0, 0.1) is 0 Å². The van der Waals surface area contributed by atoms with Gasteiger partial charge in [-0.25, -0.2) is 0 Å². The number of hydrogen-bond acceptors (Lipinski definition) is 6. The molecule has 0 radical (unpaired) electrons. The maximum absolute atomic E-state index is 8.36. The van der Waals surface area contributed by atoms with Crippen molar-refractivity contribution in [2.24, 2.45) is 0 Å².